The molecule has 0 radical (unpaired) electrons. The van der Waals surface area contributed by atoms with E-state index in [0.29, 0.717) is 0 Å². The number of fused-ring (bicyclic) bond motifs is 1. The first-order valence-electron chi connectivity index (χ1n) is 3.80. The average molecular weight is 149 g/mol. The smallest absolute Gasteiger partial charge is 0.217 e. The number of hydrogen-bond donors (Lipinski definition) is 0. The maximum absolute atomic E-state index is 5.58. The number of hydrogen-bond acceptors (Lipinski definition) is 2. The Bertz CT molecular complexity index is 254. The van der Waals surface area contributed by atoms with E-state index in [0.717, 1.165) is 12.3 Å². The van der Waals surface area contributed by atoms with Gasteiger partial charge in [0.1, 0.15) is 5.60 Å². The predicted molar refractivity (Wildman–Crippen MR) is 42.6 cm³/mol. The van der Waals surface area contributed by atoms with Crippen molar-refractivity contribution in [3.05, 3.63) is 23.9 Å². The first kappa shape index (κ1) is 6.65. The summed E-state index contributed by atoms with van der Waals surface area (Å²) >= 11 is 0. The summed E-state index contributed by atoms with van der Waals surface area (Å²) in [7, 11) is 0. The lowest BCUT2D eigenvalue weighted by Crippen LogP contribution is -2.24. The minimum Gasteiger partial charge on any atom is -0.471 e. The third-order valence-electron chi connectivity index (χ3n) is 1.84. The van der Waals surface area contributed by atoms with Gasteiger partial charge in [-0.25, -0.2) is 4.98 Å². The fraction of sp³-hybridized carbons (Fsp3) is 0.444. The largest absolute Gasteiger partial charge is 0.471 e. The highest BCUT2D eigenvalue weighted by Gasteiger charge is 2.30. The van der Waals surface area contributed by atoms with Gasteiger partial charge in [-0.15, -0.1) is 0 Å². The molecule has 0 spiro atoms. The first-order chi connectivity index (χ1) is 5.17. The monoisotopic (exact) mass is 149 g/mol. The molecule has 0 atom stereocenters. The standard InChI is InChI=1S/C9H11NO/c1-9(2)6-7-4-3-5-10-8(7)11-9/h3-5H,6H2,1-2H3. The molecule has 2 heteroatoms. The minimum atomic E-state index is -0.0588. The summed E-state index contributed by atoms with van der Waals surface area (Å²) in [4.78, 5) is 4.13. The molecule has 0 unspecified atom stereocenters. The van der Waals surface area contributed by atoms with Crippen molar-refractivity contribution < 1.29 is 4.74 Å². The molecule has 1 aliphatic rings. The highest BCUT2D eigenvalue weighted by Crippen LogP contribution is 2.31. The van der Waals surface area contributed by atoms with E-state index in [2.05, 4.69) is 24.9 Å². The third-order valence-corrected chi connectivity index (χ3v) is 1.84. The Hall–Kier alpha value is -1.05. The molecule has 0 saturated heterocycles. The second-order valence-electron chi connectivity index (χ2n) is 3.51. The van der Waals surface area contributed by atoms with Crippen molar-refractivity contribution in [2.45, 2.75) is 25.9 Å². The van der Waals surface area contributed by atoms with Gasteiger partial charge in [-0.05, 0) is 19.9 Å². The predicted octanol–water partition coefficient (Wildman–Crippen LogP) is 1.80. The molecule has 58 valence electrons. The molecule has 0 N–H and O–H groups in total. The number of rotatable bonds is 0. The third kappa shape index (κ3) is 1.09. The van der Waals surface area contributed by atoms with Gasteiger partial charge in [-0.1, -0.05) is 6.07 Å². The van der Waals surface area contributed by atoms with Crippen LogP contribution in [0, 0.1) is 0 Å². The maximum atomic E-state index is 5.58. The maximum Gasteiger partial charge on any atom is 0.217 e. The lowest BCUT2D eigenvalue weighted by atomic mass is 10.0. The van der Waals surface area contributed by atoms with Crippen molar-refractivity contribution in [3.8, 4) is 5.88 Å². The van der Waals surface area contributed by atoms with Crippen molar-refractivity contribution in [2.75, 3.05) is 0 Å². The molecule has 0 fully saturated rings. The first-order valence-corrected chi connectivity index (χ1v) is 3.80. The zero-order valence-electron chi connectivity index (χ0n) is 6.79. The van der Waals surface area contributed by atoms with Crippen LogP contribution >= 0.6 is 0 Å². The van der Waals surface area contributed by atoms with E-state index >= 15 is 0 Å². The quantitative estimate of drug-likeness (QED) is 0.561. The molecular formula is C9H11NO. The van der Waals surface area contributed by atoms with Crippen LogP contribution in [-0.4, -0.2) is 10.6 Å². The van der Waals surface area contributed by atoms with Crippen LogP contribution in [0.2, 0.25) is 0 Å². The molecule has 1 aliphatic heterocycles. The van der Waals surface area contributed by atoms with Crippen LogP contribution in [0.15, 0.2) is 18.3 Å². The van der Waals surface area contributed by atoms with Gasteiger partial charge in [-0.3, -0.25) is 0 Å². The van der Waals surface area contributed by atoms with E-state index in [1.54, 1.807) is 6.20 Å². The number of aromatic nitrogens is 1. The molecule has 0 aromatic carbocycles. The van der Waals surface area contributed by atoms with Crippen molar-refractivity contribution in [2.24, 2.45) is 0 Å². The minimum absolute atomic E-state index is 0.0588. The highest BCUT2D eigenvalue weighted by molar-refractivity contribution is 5.31. The van der Waals surface area contributed by atoms with E-state index in [9.17, 15) is 0 Å². The number of pyridine rings is 1. The Morgan fingerprint density at radius 2 is 2.36 bits per heavy atom. The van der Waals surface area contributed by atoms with Gasteiger partial charge in [0, 0.05) is 18.2 Å². The van der Waals surface area contributed by atoms with Gasteiger partial charge >= 0.3 is 0 Å². The van der Waals surface area contributed by atoms with E-state index in [1.807, 2.05) is 6.07 Å². The number of nitrogens with zero attached hydrogens (tertiary/aromatic N) is 1. The van der Waals surface area contributed by atoms with Crippen molar-refractivity contribution >= 4 is 0 Å². The summed E-state index contributed by atoms with van der Waals surface area (Å²) in [6, 6.07) is 4.01. The van der Waals surface area contributed by atoms with Crippen molar-refractivity contribution in [1.82, 2.24) is 4.98 Å². The lowest BCUT2D eigenvalue weighted by molar-refractivity contribution is 0.133. The zero-order chi connectivity index (χ0) is 7.90. The summed E-state index contributed by atoms with van der Waals surface area (Å²) in [6.07, 6.45) is 2.73. The van der Waals surface area contributed by atoms with Crippen LogP contribution in [0.3, 0.4) is 0 Å². The molecule has 11 heavy (non-hydrogen) atoms. The lowest BCUT2D eigenvalue weighted by Gasteiger charge is -2.15. The average Bonchev–Trinajstić information content (AvgIpc) is 2.21. The topological polar surface area (TPSA) is 22.1 Å². The summed E-state index contributed by atoms with van der Waals surface area (Å²) in [5.74, 6) is 0.803. The SMILES string of the molecule is CC1(C)Cc2cccnc2O1. The van der Waals surface area contributed by atoms with E-state index < -0.39 is 0 Å². The van der Waals surface area contributed by atoms with Crippen LogP contribution in [0.25, 0.3) is 0 Å². The van der Waals surface area contributed by atoms with Crippen LogP contribution < -0.4 is 4.74 Å². The fourth-order valence-corrected chi connectivity index (χ4v) is 1.41. The molecule has 2 heterocycles. The zero-order valence-corrected chi connectivity index (χ0v) is 6.79. The molecule has 2 nitrogen and oxygen atoms in total. The van der Waals surface area contributed by atoms with Gasteiger partial charge in [-0.2, -0.15) is 0 Å². The summed E-state index contributed by atoms with van der Waals surface area (Å²) < 4.78 is 5.58. The van der Waals surface area contributed by atoms with E-state index in [4.69, 9.17) is 4.74 Å². The molecule has 1 aromatic heterocycles. The van der Waals surface area contributed by atoms with E-state index in [-0.39, 0.29) is 5.60 Å². The summed E-state index contributed by atoms with van der Waals surface area (Å²) in [5.41, 5.74) is 1.16. The molecule has 2 rings (SSSR count). The van der Waals surface area contributed by atoms with Crippen LogP contribution in [0.4, 0.5) is 0 Å². The Morgan fingerprint density at radius 3 is 3.09 bits per heavy atom. The van der Waals surface area contributed by atoms with Crippen molar-refractivity contribution in [1.29, 1.82) is 0 Å². The molecule has 0 bridgehead atoms. The normalized spacial score (nSPS) is 19.1. The molecular weight excluding hydrogens is 138 g/mol. The Balaban J connectivity index is 2.41. The van der Waals surface area contributed by atoms with Gasteiger partial charge in [0.05, 0.1) is 0 Å². The summed E-state index contributed by atoms with van der Waals surface area (Å²) in [6.45, 7) is 4.16. The molecule has 0 aliphatic carbocycles. The summed E-state index contributed by atoms with van der Waals surface area (Å²) in [5, 5.41) is 0. The Kier molecular flexibility index (Phi) is 1.19. The Morgan fingerprint density at radius 1 is 1.55 bits per heavy atom. The van der Waals surface area contributed by atoms with Crippen LogP contribution in [0.1, 0.15) is 19.4 Å². The second-order valence-corrected chi connectivity index (χ2v) is 3.51. The fourth-order valence-electron chi connectivity index (χ4n) is 1.41. The van der Waals surface area contributed by atoms with Crippen molar-refractivity contribution in [3.63, 3.8) is 0 Å². The van der Waals surface area contributed by atoms with Gasteiger partial charge in [0.25, 0.3) is 0 Å². The van der Waals surface area contributed by atoms with Gasteiger partial charge in [0.2, 0.25) is 5.88 Å². The van der Waals surface area contributed by atoms with E-state index in [1.165, 1.54) is 5.56 Å². The second kappa shape index (κ2) is 1.97. The molecule has 0 amide bonds. The van der Waals surface area contributed by atoms with Crippen LogP contribution in [-0.2, 0) is 6.42 Å². The molecule has 0 saturated carbocycles. The van der Waals surface area contributed by atoms with Crippen LogP contribution in [0.5, 0.6) is 5.88 Å². The number of ether oxygens (including phenoxy) is 1. The van der Waals surface area contributed by atoms with Gasteiger partial charge < -0.3 is 4.74 Å². The Labute approximate surface area is 66.2 Å². The van der Waals surface area contributed by atoms with Gasteiger partial charge in [0.15, 0.2) is 0 Å². The highest BCUT2D eigenvalue weighted by atomic mass is 16.5. The molecule has 1 aromatic rings.